The maximum atomic E-state index is 12.1. The molecule has 1 aliphatic carbocycles. The SMILES string of the molecule is Cc1cc(C(=O)NCC2CCN(C3CCCC3)C2)nn1C. The number of aromatic nitrogens is 2. The van der Waals surface area contributed by atoms with E-state index in [9.17, 15) is 4.79 Å². The van der Waals surface area contributed by atoms with Crippen molar-refractivity contribution < 1.29 is 4.79 Å². The summed E-state index contributed by atoms with van der Waals surface area (Å²) in [5, 5.41) is 7.28. The van der Waals surface area contributed by atoms with E-state index in [1.165, 1.54) is 38.6 Å². The summed E-state index contributed by atoms with van der Waals surface area (Å²) in [7, 11) is 1.86. The van der Waals surface area contributed by atoms with Gasteiger partial charge in [0.25, 0.3) is 5.91 Å². The maximum Gasteiger partial charge on any atom is 0.271 e. The summed E-state index contributed by atoms with van der Waals surface area (Å²) >= 11 is 0. The van der Waals surface area contributed by atoms with Gasteiger partial charge in [0.15, 0.2) is 0 Å². The van der Waals surface area contributed by atoms with E-state index in [1.54, 1.807) is 4.68 Å². The average molecular weight is 290 g/mol. The number of hydrogen-bond acceptors (Lipinski definition) is 3. The summed E-state index contributed by atoms with van der Waals surface area (Å²) in [5.41, 5.74) is 1.54. The van der Waals surface area contributed by atoms with Crippen LogP contribution in [0.25, 0.3) is 0 Å². The van der Waals surface area contributed by atoms with E-state index >= 15 is 0 Å². The lowest BCUT2D eigenvalue weighted by molar-refractivity contribution is 0.0941. The quantitative estimate of drug-likeness (QED) is 0.918. The van der Waals surface area contributed by atoms with Gasteiger partial charge in [0, 0.05) is 31.9 Å². The van der Waals surface area contributed by atoms with Gasteiger partial charge >= 0.3 is 0 Å². The molecule has 0 radical (unpaired) electrons. The smallest absolute Gasteiger partial charge is 0.271 e. The predicted octanol–water partition coefficient (Wildman–Crippen LogP) is 1.72. The van der Waals surface area contributed by atoms with E-state index in [2.05, 4.69) is 15.3 Å². The van der Waals surface area contributed by atoms with Crippen molar-refractivity contribution in [3.8, 4) is 0 Å². The summed E-state index contributed by atoms with van der Waals surface area (Å²) < 4.78 is 1.74. The Kier molecular flexibility index (Phi) is 4.29. The van der Waals surface area contributed by atoms with Crippen molar-refractivity contribution in [3.63, 3.8) is 0 Å². The molecule has 5 heteroatoms. The molecule has 1 N–H and O–H groups in total. The Balaban J connectivity index is 1.46. The van der Waals surface area contributed by atoms with Gasteiger partial charge in [0.05, 0.1) is 0 Å². The van der Waals surface area contributed by atoms with Gasteiger partial charge in [-0.05, 0) is 44.7 Å². The van der Waals surface area contributed by atoms with E-state index in [4.69, 9.17) is 0 Å². The number of rotatable bonds is 4. The number of hydrogen-bond donors (Lipinski definition) is 1. The standard InChI is InChI=1S/C16H26N4O/c1-12-9-15(18-19(12)2)16(21)17-10-13-7-8-20(11-13)14-5-3-4-6-14/h9,13-14H,3-8,10-11H2,1-2H3,(H,17,21). The van der Waals surface area contributed by atoms with Crippen molar-refractivity contribution >= 4 is 5.91 Å². The van der Waals surface area contributed by atoms with Crippen LogP contribution in [-0.4, -0.2) is 46.3 Å². The fourth-order valence-corrected chi connectivity index (χ4v) is 3.63. The molecule has 5 nitrogen and oxygen atoms in total. The van der Waals surface area contributed by atoms with E-state index in [0.717, 1.165) is 24.8 Å². The summed E-state index contributed by atoms with van der Waals surface area (Å²) in [5.74, 6) is 0.553. The van der Waals surface area contributed by atoms with Crippen LogP contribution in [0.15, 0.2) is 6.07 Å². The molecular weight excluding hydrogens is 264 g/mol. The second-order valence-electron chi connectivity index (χ2n) is 6.59. The molecule has 1 aromatic heterocycles. The first-order valence-corrected chi connectivity index (χ1v) is 8.16. The third kappa shape index (κ3) is 3.28. The fraction of sp³-hybridized carbons (Fsp3) is 0.750. The predicted molar refractivity (Wildman–Crippen MR) is 82.2 cm³/mol. The van der Waals surface area contributed by atoms with Crippen LogP contribution in [0.5, 0.6) is 0 Å². The third-order valence-corrected chi connectivity index (χ3v) is 5.06. The lowest BCUT2D eigenvalue weighted by atomic mass is 10.1. The Morgan fingerprint density at radius 2 is 2.14 bits per heavy atom. The van der Waals surface area contributed by atoms with Gasteiger partial charge in [-0.3, -0.25) is 9.48 Å². The molecule has 0 aromatic carbocycles. The van der Waals surface area contributed by atoms with Gasteiger partial charge < -0.3 is 10.2 Å². The Morgan fingerprint density at radius 1 is 1.38 bits per heavy atom. The molecule has 3 rings (SSSR count). The monoisotopic (exact) mass is 290 g/mol. The summed E-state index contributed by atoms with van der Waals surface area (Å²) in [6, 6.07) is 2.65. The molecule has 0 spiro atoms. The zero-order chi connectivity index (χ0) is 14.8. The molecule has 1 saturated heterocycles. The topological polar surface area (TPSA) is 50.2 Å². The van der Waals surface area contributed by atoms with Crippen LogP contribution in [-0.2, 0) is 7.05 Å². The largest absolute Gasteiger partial charge is 0.350 e. The summed E-state index contributed by atoms with van der Waals surface area (Å²) in [6.45, 7) is 5.08. The number of nitrogens with one attached hydrogen (secondary N) is 1. The van der Waals surface area contributed by atoms with Crippen LogP contribution in [0.4, 0.5) is 0 Å². The van der Waals surface area contributed by atoms with Gasteiger partial charge in [-0.15, -0.1) is 0 Å². The van der Waals surface area contributed by atoms with E-state index in [1.807, 2.05) is 20.0 Å². The van der Waals surface area contributed by atoms with Gasteiger partial charge in [-0.1, -0.05) is 12.8 Å². The highest BCUT2D eigenvalue weighted by atomic mass is 16.1. The molecule has 2 aliphatic rings. The van der Waals surface area contributed by atoms with Crippen LogP contribution in [0.2, 0.25) is 0 Å². The van der Waals surface area contributed by atoms with Crippen molar-refractivity contribution in [3.05, 3.63) is 17.5 Å². The molecule has 1 aliphatic heterocycles. The minimum Gasteiger partial charge on any atom is -0.350 e. The van der Waals surface area contributed by atoms with Crippen molar-refractivity contribution in [1.82, 2.24) is 20.0 Å². The Bertz CT molecular complexity index is 485. The molecule has 1 unspecified atom stereocenters. The highest BCUT2D eigenvalue weighted by Gasteiger charge is 2.30. The summed E-state index contributed by atoms with van der Waals surface area (Å²) in [4.78, 5) is 14.7. The number of likely N-dealkylation sites (tertiary alicyclic amines) is 1. The molecule has 1 saturated carbocycles. The fourth-order valence-electron chi connectivity index (χ4n) is 3.63. The number of aryl methyl sites for hydroxylation is 2. The van der Waals surface area contributed by atoms with Crippen LogP contribution >= 0.6 is 0 Å². The Labute approximate surface area is 126 Å². The van der Waals surface area contributed by atoms with E-state index in [-0.39, 0.29) is 5.91 Å². The van der Waals surface area contributed by atoms with E-state index < -0.39 is 0 Å². The van der Waals surface area contributed by atoms with Crippen molar-refractivity contribution in [2.45, 2.75) is 45.1 Å². The lowest BCUT2D eigenvalue weighted by Gasteiger charge is -2.23. The highest BCUT2D eigenvalue weighted by Crippen LogP contribution is 2.28. The molecular formula is C16H26N4O. The second-order valence-corrected chi connectivity index (χ2v) is 6.59. The van der Waals surface area contributed by atoms with Crippen molar-refractivity contribution in [2.75, 3.05) is 19.6 Å². The first kappa shape index (κ1) is 14.6. The minimum atomic E-state index is -0.0435. The molecule has 2 fully saturated rings. The molecule has 2 heterocycles. The molecule has 21 heavy (non-hydrogen) atoms. The number of nitrogens with zero attached hydrogens (tertiary/aromatic N) is 3. The third-order valence-electron chi connectivity index (χ3n) is 5.06. The zero-order valence-electron chi connectivity index (χ0n) is 13.1. The van der Waals surface area contributed by atoms with Gasteiger partial charge in [0.1, 0.15) is 5.69 Å². The van der Waals surface area contributed by atoms with Gasteiger partial charge in [0.2, 0.25) is 0 Å². The number of carbonyl (C=O) groups is 1. The number of amides is 1. The normalized spacial score (nSPS) is 23.8. The molecule has 1 amide bonds. The van der Waals surface area contributed by atoms with Crippen molar-refractivity contribution in [1.29, 1.82) is 0 Å². The van der Waals surface area contributed by atoms with Crippen LogP contribution in [0.3, 0.4) is 0 Å². The minimum absolute atomic E-state index is 0.0435. The molecule has 1 aromatic rings. The lowest BCUT2D eigenvalue weighted by Crippen LogP contribution is -2.34. The first-order chi connectivity index (χ1) is 10.1. The van der Waals surface area contributed by atoms with E-state index in [0.29, 0.717) is 11.6 Å². The van der Waals surface area contributed by atoms with Crippen LogP contribution in [0, 0.1) is 12.8 Å². The maximum absolute atomic E-state index is 12.1. The van der Waals surface area contributed by atoms with Gasteiger partial charge in [-0.25, -0.2) is 0 Å². The van der Waals surface area contributed by atoms with Gasteiger partial charge in [-0.2, -0.15) is 5.10 Å². The average Bonchev–Trinajstić information content (AvgIpc) is 3.17. The Hall–Kier alpha value is -1.36. The molecule has 116 valence electrons. The Morgan fingerprint density at radius 3 is 2.81 bits per heavy atom. The number of carbonyl (C=O) groups excluding carboxylic acids is 1. The van der Waals surface area contributed by atoms with Crippen LogP contribution < -0.4 is 5.32 Å². The molecule has 1 atom stereocenters. The highest BCUT2D eigenvalue weighted by molar-refractivity contribution is 5.92. The summed E-state index contributed by atoms with van der Waals surface area (Å²) in [6.07, 6.45) is 6.72. The first-order valence-electron chi connectivity index (χ1n) is 8.16. The zero-order valence-corrected chi connectivity index (χ0v) is 13.1. The van der Waals surface area contributed by atoms with Crippen LogP contribution in [0.1, 0.15) is 48.3 Å². The second kappa shape index (κ2) is 6.18. The molecule has 0 bridgehead atoms. The van der Waals surface area contributed by atoms with Crippen molar-refractivity contribution in [2.24, 2.45) is 13.0 Å².